The quantitative estimate of drug-likeness (QED) is 0.0407. The first kappa shape index (κ1) is 78.9. The molecular formula is C90H93N17O7. The van der Waals surface area contributed by atoms with Crippen LogP contribution in [0.1, 0.15) is 92.4 Å². The minimum Gasteiger partial charge on any atom is -0.492 e. The van der Waals surface area contributed by atoms with Crippen LogP contribution in [0, 0.1) is 55.4 Å². The Hall–Kier alpha value is -13.2. The van der Waals surface area contributed by atoms with Gasteiger partial charge in [0.2, 0.25) is 0 Å². The van der Waals surface area contributed by atoms with E-state index in [2.05, 4.69) is 206 Å². The number of unbranched alkanes of at least 4 members (excludes halogenated alkanes) is 1. The molecule has 0 fully saturated rings. The molecule has 0 aliphatic carbocycles. The van der Waals surface area contributed by atoms with Crippen LogP contribution in [0.3, 0.4) is 0 Å². The average Bonchev–Trinajstić information content (AvgIpc) is 0.769. The number of hydrogen-bond donors (Lipinski definition) is 4. The van der Waals surface area contributed by atoms with Gasteiger partial charge >= 0.3 is 11.4 Å². The van der Waals surface area contributed by atoms with Gasteiger partial charge < -0.3 is 38.5 Å². The number of aromatic amines is 4. The fraction of sp³-hybridized carbons (Fsp3) is 0.267. The van der Waals surface area contributed by atoms with E-state index in [1.807, 2.05) is 125 Å². The molecular weight excluding hydrogens is 1430 g/mol. The van der Waals surface area contributed by atoms with Gasteiger partial charge in [0, 0.05) is 32.7 Å². The number of nitrogens with zero attached hydrogens (tertiary/aromatic N) is 13. The highest BCUT2D eigenvalue weighted by atomic mass is 16.5. The predicted molar refractivity (Wildman–Crippen MR) is 452 cm³/mol. The van der Waals surface area contributed by atoms with Gasteiger partial charge in [-0.05, 0) is 243 Å². The molecule has 580 valence electrons. The van der Waals surface area contributed by atoms with Crippen molar-refractivity contribution in [2.75, 3.05) is 50.1 Å². The molecule has 16 rings (SSSR count). The summed E-state index contributed by atoms with van der Waals surface area (Å²) in [6.07, 6.45) is 7.35. The number of hydrogen-bond acceptors (Lipinski definition) is 18. The molecule has 0 radical (unpaired) electrons. The standard InChI is InChI=1S/C25H29N5O3.C22H22N4O2.C22H22N4O.C21H20N4O/c1-16-14-20-21(15-17(16)2)30(23-22(26-20)24(31)28-25(32)27-23)11-5-6-18-7-9-19(10-8-18)33-13-12-29(3)4;1-13-6-8-16(9-7-13)5-4-10-26-18-12-15(3)14(2)11-17(18)23-19-20(26)24-22(28)25-21(19)27;1-15-11-12-19-18(14-15)25-20-21(23-16(2)24-22(20)27)26(19)13-7-6-10-17-8-4-3-5-9-17;1-13-11-17-18(12-14(13)2)25(10-9-16-7-5-4-6-8-16)20-19(24-17)21(26)23-15(3)22-20/h7-10,14-15H,5-6,11-13H2,1-4H3,(H,28,31,32);6-9,11-12H,4-5,10H2,1-3H3,(H,25,27,28);3-5,8-9,11-12,14H,2,6-7,10,13H2,1H3,(H,24,27);4-8,11-12H,3,9-10H2,1-2H3,(H,23,26). The van der Waals surface area contributed by atoms with Gasteiger partial charge in [-0.25, -0.2) is 39.5 Å². The number of fused-ring (bicyclic) bond motifs is 8. The van der Waals surface area contributed by atoms with Crippen LogP contribution in [0.25, 0.3) is 58.3 Å². The Morgan fingerprint density at radius 3 is 1.35 bits per heavy atom. The van der Waals surface area contributed by atoms with Crippen LogP contribution in [-0.2, 0) is 38.8 Å². The Morgan fingerprint density at radius 1 is 0.395 bits per heavy atom. The summed E-state index contributed by atoms with van der Waals surface area (Å²) in [7, 11) is 4.04. The fourth-order valence-electron chi connectivity index (χ4n) is 14.0. The number of ether oxygens (including phenoxy) is 1. The lowest BCUT2D eigenvalue weighted by molar-refractivity contribution is 0.261. The topological polar surface area (TPSA) is 296 Å². The molecule has 0 spiro atoms. The van der Waals surface area contributed by atoms with Crippen LogP contribution < -0.4 is 69.8 Å². The Morgan fingerprint density at radius 2 is 0.833 bits per heavy atom. The van der Waals surface area contributed by atoms with E-state index in [1.165, 1.54) is 33.4 Å². The molecule has 8 heterocycles. The number of rotatable bonds is 20. The number of aromatic nitrogens is 12. The monoisotopic (exact) mass is 1520 g/mol. The second-order valence-corrected chi connectivity index (χ2v) is 29.4. The van der Waals surface area contributed by atoms with Crippen molar-refractivity contribution in [3.05, 3.63) is 315 Å². The van der Waals surface area contributed by atoms with Crippen LogP contribution >= 0.6 is 0 Å². The summed E-state index contributed by atoms with van der Waals surface area (Å²) < 4.78 is 9.66. The Kier molecular flexibility index (Phi) is 24.2. The molecule has 6 aliphatic rings. The molecule has 6 aliphatic heterocycles. The van der Waals surface area contributed by atoms with Gasteiger partial charge in [0.1, 0.15) is 23.3 Å². The van der Waals surface area contributed by atoms with Gasteiger partial charge in [0.25, 0.3) is 22.2 Å². The van der Waals surface area contributed by atoms with E-state index in [-0.39, 0.29) is 22.5 Å². The van der Waals surface area contributed by atoms with Crippen molar-refractivity contribution in [3.63, 3.8) is 0 Å². The SMILES string of the molecule is C=c1nc2c(c(=O)[nH]1)=Nc1cc(C)c(C)cc1N2CCc1ccccc1.C=c1nc2c(c(=O)[nH]1)=Nc1cc(C)ccc1N2CCCCc1ccccc1.Cc1cc2nc3c(=O)[nH]c(=O)nc-3n(CCCc3ccc(OCCN(C)C)cc3)c2cc1C.Cc1ccc(CCCn2c3nc(=O)[nH]c(=O)c-3nc3cc(C)c(C)cc32)cc1. The molecule has 0 saturated carbocycles. The zero-order valence-electron chi connectivity index (χ0n) is 66.1. The predicted octanol–water partition coefficient (Wildman–Crippen LogP) is 11.3. The highest BCUT2D eigenvalue weighted by Gasteiger charge is 2.27. The van der Waals surface area contributed by atoms with Crippen LogP contribution in [0.15, 0.2) is 203 Å². The Bertz CT molecular complexity index is 6460. The number of benzene rings is 8. The van der Waals surface area contributed by atoms with Crippen LogP contribution in [0.2, 0.25) is 0 Å². The van der Waals surface area contributed by atoms with Crippen molar-refractivity contribution in [3.8, 4) is 28.8 Å². The second kappa shape index (κ2) is 35.0. The molecule has 4 N–H and O–H groups in total. The number of likely N-dealkylation sites (N-methyl/N-ethyl adjacent to an activating group) is 1. The van der Waals surface area contributed by atoms with Crippen LogP contribution in [0.4, 0.5) is 34.4 Å². The summed E-state index contributed by atoms with van der Waals surface area (Å²) >= 11 is 0. The number of H-pyrrole nitrogens is 4. The highest BCUT2D eigenvalue weighted by molar-refractivity contribution is 5.83. The summed E-state index contributed by atoms with van der Waals surface area (Å²) in [5, 5.41) is 0.713. The van der Waals surface area contributed by atoms with Crippen molar-refractivity contribution in [2.24, 2.45) is 9.98 Å². The van der Waals surface area contributed by atoms with Crippen LogP contribution in [-0.4, -0.2) is 104 Å². The smallest absolute Gasteiger partial charge is 0.349 e. The van der Waals surface area contributed by atoms with Gasteiger partial charge in [0.05, 0.1) is 44.8 Å². The molecule has 0 saturated heterocycles. The van der Waals surface area contributed by atoms with E-state index in [0.717, 1.165) is 148 Å². The van der Waals surface area contributed by atoms with Crippen molar-refractivity contribution in [1.82, 2.24) is 63.9 Å². The fourth-order valence-corrected chi connectivity index (χ4v) is 14.0. The third kappa shape index (κ3) is 18.5. The number of aryl methyl sites for hydroxylation is 13. The summed E-state index contributed by atoms with van der Waals surface area (Å²) in [6.45, 7) is 28.2. The lowest BCUT2D eigenvalue weighted by atomic mass is 10.1. The average molecular weight is 1520 g/mol. The maximum atomic E-state index is 12.4. The first-order valence-electron chi connectivity index (χ1n) is 38.3. The van der Waals surface area contributed by atoms with E-state index in [4.69, 9.17) is 4.74 Å². The molecule has 24 heteroatoms. The summed E-state index contributed by atoms with van der Waals surface area (Å²) in [5.74, 6) is 2.70. The van der Waals surface area contributed by atoms with Crippen molar-refractivity contribution in [2.45, 2.75) is 120 Å². The van der Waals surface area contributed by atoms with E-state index in [9.17, 15) is 28.8 Å². The van der Waals surface area contributed by atoms with Gasteiger partial charge in [-0.2, -0.15) is 9.97 Å². The van der Waals surface area contributed by atoms with E-state index < -0.39 is 22.5 Å². The van der Waals surface area contributed by atoms with E-state index in [1.54, 1.807) is 0 Å². The molecule has 0 bridgehead atoms. The van der Waals surface area contributed by atoms with Crippen LogP contribution in [0.5, 0.6) is 5.75 Å². The molecule has 0 amide bonds. The highest BCUT2D eigenvalue weighted by Crippen LogP contribution is 2.38. The molecule has 8 aromatic carbocycles. The summed E-state index contributed by atoms with van der Waals surface area (Å²) in [6, 6.07) is 55.7. The second-order valence-electron chi connectivity index (χ2n) is 29.4. The molecule has 10 aromatic rings. The normalized spacial score (nSPS) is 11.9. The lowest BCUT2D eigenvalue weighted by Gasteiger charge is -2.28. The maximum absolute atomic E-state index is 12.4. The van der Waals surface area contributed by atoms with Gasteiger partial charge in [-0.1, -0.05) is 122 Å². The van der Waals surface area contributed by atoms with E-state index in [0.29, 0.717) is 71.2 Å². The molecule has 24 nitrogen and oxygen atoms in total. The van der Waals surface area contributed by atoms with Gasteiger partial charge in [-0.3, -0.25) is 29.1 Å². The lowest BCUT2D eigenvalue weighted by Crippen LogP contribution is -2.42. The zero-order chi connectivity index (χ0) is 80.4. The zero-order valence-corrected chi connectivity index (χ0v) is 66.1. The third-order valence-corrected chi connectivity index (χ3v) is 20.5. The maximum Gasteiger partial charge on any atom is 0.349 e. The third-order valence-electron chi connectivity index (χ3n) is 20.5. The minimum absolute atomic E-state index is 0.185. The molecule has 0 unspecified atom stereocenters. The minimum atomic E-state index is -0.656. The molecule has 114 heavy (non-hydrogen) atoms. The largest absolute Gasteiger partial charge is 0.492 e. The Labute approximate surface area is 658 Å². The van der Waals surface area contributed by atoms with Crippen molar-refractivity contribution in [1.29, 1.82) is 0 Å². The Balaban J connectivity index is 0.000000133. The molecule has 0 atom stereocenters. The van der Waals surface area contributed by atoms with Crippen molar-refractivity contribution < 1.29 is 4.74 Å². The number of anilines is 4. The summed E-state index contributed by atoms with van der Waals surface area (Å²) in [5.41, 5.74) is 19.3. The first-order chi connectivity index (χ1) is 54.9. The first-order valence-corrected chi connectivity index (χ1v) is 38.3. The molecule has 2 aromatic heterocycles. The van der Waals surface area contributed by atoms with Crippen molar-refractivity contribution >= 4 is 69.6 Å². The summed E-state index contributed by atoms with van der Waals surface area (Å²) in [4.78, 5) is 125. The van der Waals surface area contributed by atoms with Gasteiger partial charge in [-0.15, -0.1) is 0 Å². The van der Waals surface area contributed by atoms with E-state index >= 15 is 0 Å². The van der Waals surface area contributed by atoms with Gasteiger partial charge in [0.15, 0.2) is 45.4 Å². The number of nitrogens with one attached hydrogen (secondary N) is 4.